The zero-order valence-electron chi connectivity index (χ0n) is 15.6. The van der Waals surface area contributed by atoms with Gasteiger partial charge in [-0.15, -0.1) is 0 Å². The monoisotopic (exact) mass is 402 g/mol. The van der Waals surface area contributed by atoms with E-state index in [4.69, 9.17) is 4.74 Å². The molecule has 0 N–H and O–H groups in total. The first-order valence-corrected chi connectivity index (χ1v) is 10.8. The van der Waals surface area contributed by atoms with Gasteiger partial charge in [0.25, 0.3) is 15.9 Å². The van der Waals surface area contributed by atoms with Crippen LogP contribution in [0.4, 0.5) is 5.69 Å². The number of hydrogen-bond donors (Lipinski definition) is 0. The Morgan fingerprint density at radius 1 is 1.18 bits per heavy atom. The highest BCUT2D eigenvalue weighted by molar-refractivity contribution is 7.93. The van der Waals surface area contributed by atoms with Crippen LogP contribution in [-0.2, 0) is 24.3 Å². The van der Waals surface area contributed by atoms with E-state index in [1.54, 1.807) is 23.1 Å². The number of rotatable bonds is 4. The van der Waals surface area contributed by atoms with E-state index in [1.807, 2.05) is 12.1 Å². The maximum atomic E-state index is 12.9. The number of likely N-dealkylation sites (tertiary alicyclic amines) is 1. The lowest BCUT2D eigenvalue weighted by molar-refractivity contribution is -0.151. The van der Waals surface area contributed by atoms with Crippen molar-refractivity contribution in [2.75, 3.05) is 30.5 Å². The molecule has 0 unspecified atom stereocenters. The van der Waals surface area contributed by atoms with Gasteiger partial charge in [0.15, 0.2) is 6.61 Å². The number of esters is 1. The fourth-order valence-electron chi connectivity index (χ4n) is 3.94. The minimum absolute atomic E-state index is 0.187. The largest absolute Gasteiger partial charge is 0.454 e. The number of anilines is 1. The number of hydrogen-bond acceptors (Lipinski definition) is 5. The third kappa shape index (κ3) is 3.22. The molecule has 2 aliphatic rings. The minimum atomic E-state index is -3.82. The molecule has 2 aromatic rings. The SMILES string of the molecule is C[C@H]1CCCN(C(=O)COC(=O)CN2c3cccc4cccc(c34)S2(=O)=O)C1. The van der Waals surface area contributed by atoms with Crippen molar-refractivity contribution in [2.45, 2.75) is 24.7 Å². The quantitative estimate of drug-likeness (QED) is 0.732. The summed E-state index contributed by atoms with van der Waals surface area (Å²) < 4.78 is 31.9. The summed E-state index contributed by atoms with van der Waals surface area (Å²) in [7, 11) is -3.82. The Labute approximate surface area is 163 Å². The first kappa shape index (κ1) is 18.7. The average Bonchev–Trinajstić information content (AvgIpc) is 2.89. The molecular weight excluding hydrogens is 380 g/mol. The second kappa shape index (κ2) is 7.09. The Kier molecular flexibility index (Phi) is 4.74. The van der Waals surface area contributed by atoms with E-state index >= 15 is 0 Å². The Morgan fingerprint density at radius 3 is 2.68 bits per heavy atom. The van der Waals surface area contributed by atoms with Gasteiger partial charge in [0.05, 0.1) is 10.6 Å². The van der Waals surface area contributed by atoms with Crippen molar-refractivity contribution in [3.05, 3.63) is 36.4 Å². The van der Waals surface area contributed by atoms with Gasteiger partial charge in [-0.3, -0.25) is 13.9 Å². The molecule has 2 aliphatic heterocycles. The topological polar surface area (TPSA) is 84.0 Å². The second-order valence-electron chi connectivity index (χ2n) is 7.39. The molecule has 4 rings (SSSR count). The summed E-state index contributed by atoms with van der Waals surface area (Å²) in [6, 6.07) is 10.3. The number of carbonyl (C=O) groups is 2. The molecule has 1 fully saturated rings. The van der Waals surface area contributed by atoms with Gasteiger partial charge in [-0.2, -0.15) is 0 Å². The van der Waals surface area contributed by atoms with E-state index < -0.39 is 22.5 Å². The van der Waals surface area contributed by atoms with Crippen LogP contribution in [0.5, 0.6) is 0 Å². The number of benzene rings is 2. The van der Waals surface area contributed by atoms with E-state index in [-0.39, 0.29) is 17.4 Å². The third-order valence-electron chi connectivity index (χ3n) is 5.32. The molecule has 1 atom stereocenters. The smallest absolute Gasteiger partial charge is 0.327 e. The Morgan fingerprint density at radius 2 is 1.93 bits per heavy atom. The summed E-state index contributed by atoms with van der Waals surface area (Å²) >= 11 is 0. The molecule has 148 valence electrons. The Balaban J connectivity index is 1.45. The summed E-state index contributed by atoms with van der Waals surface area (Å²) in [5, 5.41) is 1.40. The molecule has 28 heavy (non-hydrogen) atoms. The van der Waals surface area contributed by atoms with Crippen molar-refractivity contribution in [1.29, 1.82) is 0 Å². The molecule has 7 nitrogen and oxygen atoms in total. The van der Waals surface area contributed by atoms with Crippen molar-refractivity contribution in [3.8, 4) is 0 Å². The predicted molar refractivity (Wildman–Crippen MR) is 104 cm³/mol. The van der Waals surface area contributed by atoms with Crippen molar-refractivity contribution in [2.24, 2.45) is 5.92 Å². The Bertz CT molecular complexity index is 1040. The molecule has 0 radical (unpaired) electrons. The number of sulfonamides is 1. The van der Waals surface area contributed by atoms with E-state index in [2.05, 4.69) is 6.92 Å². The first-order chi connectivity index (χ1) is 13.4. The molecular formula is C20H22N2O5S. The van der Waals surface area contributed by atoms with Gasteiger partial charge < -0.3 is 9.64 Å². The fourth-order valence-corrected chi connectivity index (χ4v) is 5.60. The van der Waals surface area contributed by atoms with E-state index in [9.17, 15) is 18.0 Å². The van der Waals surface area contributed by atoms with Gasteiger partial charge in [0.2, 0.25) is 0 Å². The molecule has 2 aromatic carbocycles. The van der Waals surface area contributed by atoms with Gasteiger partial charge in [0, 0.05) is 18.5 Å². The highest BCUT2D eigenvalue weighted by Crippen LogP contribution is 2.41. The van der Waals surface area contributed by atoms with E-state index in [1.165, 1.54) is 6.07 Å². The standard InChI is InChI=1S/C20H22N2O5S/c1-14-5-4-10-21(11-14)18(23)13-27-19(24)12-22-16-8-2-6-15-7-3-9-17(20(15)16)28(22,25)26/h2-3,6-9,14H,4-5,10-13H2,1H3/t14-/m0/s1. The number of nitrogens with zero attached hydrogens (tertiary/aromatic N) is 2. The summed E-state index contributed by atoms with van der Waals surface area (Å²) in [6.07, 6.45) is 2.03. The molecule has 1 saturated heterocycles. The molecule has 0 aliphatic carbocycles. The number of carbonyl (C=O) groups excluding carboxylic acids is 2. The molecule has 0 aromatic heterocycles. The van der Waals surface area contributed by atoms with Crippen molar-refractivity contribution in [1.82, 2.24) is 4.90 Å². The second-order valence-corrected chi connectivity index (χ2v) is 9.22. The number of piperidine rings is 1. The lowest BCUT2D eigenvalue weighted by atomic mass is 10.0. The zero-order valence-corrected chi connectivity index (χ0v) is 16.4. The lowest BCUT2D eigenvalue weighted by Crippen LogP contribution is -2.42. The third-order valence-corrected chi connectivity index (χ3v) is 7.12. The molecule has 0 saturated carbocycles. The summed E-state index contributed by atoms with van der Waals surface area (Å²) in [5.74, 6) is -0.552. The molecule has 8 heteroatoms. The van der Waals surface area contributed by atoms with Crippen LogP contribution in [0.25, 0.3) is 10.8 Å². The lowest BCUT2D eigenvalue weighted by Gasteiger charge is -2.30. The number of amides is 1. The van der Waals surface area contributed by atoms with Crippen LogP contribution in [0, 0.1) is 5.92 Å². The first-order valence-electron chi connectivity index (χ1n) is 9.36. The summed E-state index contributed by atoms with van der Waals surface area (Å²) in [4.78, 5) is 26.5. The summed E-state index contributed by atoms with van der Waals surface area (Å²) in [6.45, 7) is 2.59. The normalized spacial score (nSPS) is 20.4. The van der Waals surface area contributed by atoms with Crippen molar-refractivity contribution in [3.63, 3.8) is 0 Å². The van der Waals surface area contributed by atoms with Crippen LogP contribution in [0.2, 0.25) is 0 Å². The maximum absolute atomic E-state index is 12.9. The maximum Gasteiger partial charge on any atom is 0.327 e. The van der Waals surface area contributed by atoms with Gasteiger partial charge in [-0.1, -0.05) is 31.2 Å². The molecule has 2 heterocycles. The highest BCUT2D eigenvalue weighted by atomic mass is 32.2. The molecule has 0 bridgehead atoms. The predicted octanol–water partition coefficient (Wildman–Crippen LogP) is 2.15. The van der Waals surface area contributed by atoms with Crippen LogP contribution in [0.15, 0.2) is 41.3 Å². The van der Waals surface area contributed by atoms with Crippen molar-refractivity contribution >= 4 is 38.4 Å². The highest BCUT2D eigenvalue weighted by Gasteiger charge is 2.37. The average molecular weight is 402 g/mol. The van der Waals surface area contributed by atoms with Crippen LogP contribution in [0.1, 0.15) is 19.8 Å². The van der Waals surface area contributed by atoms with Crippen LogP contribution in [0.3, 0.4) is 0 Å². The number of ether oxygens (including phenoxy) is 1. The van der Waals surface area contributed by atoms with Crippen molar-refractivity contribution < 1.29 is 22.7 Å². The Hall–Kier alpha value is -2.61. The van der Waals surface area contributed by atoms with Gasteiger partial charge in [-0.25, -0.2) is 8.42 Å². The van der Waals surface area contributed by atoms with Crippen LogP contribution in [-0.4, -0.2) is 51.4 Å². The van der Waals surface area contributed by atoms with Gasteiger partial charge in [0.1, 0.15) is 6.54 Å². The zero-order chi connectivity index (χ0) is 19.9. The van der Waals surface area contributed by atoms with Gasteiger partial charge in [-0.05, 0) is 36.3 Å². The molecule has 0 spiro atoms. The fraction of sp³-hybridized carbons (Fsp3) is 0.400. The van der Waals surface area contributed by atoms with Gasteiger partial charge >= 0.3 is 5.97 Å². The summed E-state index contributed by atoms with van der Waals surface area (Å²) in [5.41, 5.74) is 0.459. The van der Waals surface area contributed by atoms with E-state index in [0.29, 0.717) is 30.1 Å². The van der Waals surface area contributed by atoms with E-state index in [0.717, 1.165) is 22.5 Å². The minimum Gasteiger partial charge on any atom is -0.454 e. The van der Waals surface area contributed by atoms with Crippen LogP contribution < -0.4 is 4.31 Å². The molecule has 1 amide bonds. The van der Waals surface area contributed by atoms with Crippen LogP contribution >= 0.6 is 0 Å².